The average Bonchev–Trinajstić information content (AvgIpc) is 2.93. The summed E-state index contributed by atoms with van der Waals surface area (Å²) >= 11 is 0. The number of aryl methyl sites for hydroxylation is 2. The Bertz CT molecular complexity index is 641. The van der Waals surface area contributed by atoms with Gasteiger partial charge < -0.3 is 5.32 Å². The van der Waals surface area contributed by atoms with Crippen LogP contribution in [0.2, 0.25) is 0 Å². The van der Waals surface area contributed by atoms with E-state index in [0.717, 1.165) is 17.8 Å². The van der Waals surface area contributed by atoms with Crippen LogP contribution in [0.1, 0.15) is 28.8 Å². The standard InChI is InChI=1S/C16H15N3/c17-10-16-8-12(6-7-18-16)11-19-15-5-4-13-2-1-3-14(13)9-15/h4-9,19H,1-3,11H2. The molecule has 2 aromatic rings. The van der Waals surface area contributed by atoms with Crippen molar-refractivity contribution >= 4 is 5.69 Å². The smallest absolute Gasteiger partial charge is 0.140 e. The molecule has 0 radical (unpaired) electrons. The maximum Gasteiger partial charge on any atom is 0.140 e. The van der Waals surface area contributed by atoms with E-state index in [0.29, 0.717) is 5.69 Å². The highest BCUT2D eigenvalue weighted by Gasteiger charge is 2.10. The zero-order valence-corrected chi connectivity index (χ0v) is 10.7. The number of aromatic nitrogens is 1. The maximum atomic E-state index is 8.82. The Balaban J connectivity index is 1.70. The van der Waals surface area contributed by atoms with Gasteiger partial charge in [0.2, 0.25) is 0 Å². The van der Waals surface area contributed by atoms with Gasteiger partial charge in [-0.2, -0.15) is 5.26 Å². The fraction of sp³-hybridized carbons (Fsp3) is 0.250. The second kappa shape index (κ2) is 5.11. The minimum atomic E-state index is 0.466. The minimum Gasteiger partial charge on any atom is -0.381 e. The van der Waals surface area contributed by atoms with Gasteiger partial charge in [0.25, 0.3) is 0 Å². The highest BCUT2D eigenvalue weighted by atomic mass is 14.9. The van der Waals surface area contributed by atoms with Crippen molar-refractivity contribution < 1.29 is 0 Å². The summed E-state index contributed by atoms with van der Waals surface area (Å²) in [6, 6.07) is 12.4. The van der Waals surface area contributed by atoms with Crippen LogP contribution in [0.5, 0.6) is 0 Å². The first-order chi connectivity index (χ1) is 9.35. The lowest BCUT2D eigenvalue weighted by atomic mass is 10.1. The molecular formula is C16H15N3. The molecule has 0 amide bonds. The van der Waals surface area contributed by atoms with Crippen molar-refractivity contribution in [3.8, 4) is 6.07 Å². The van der Waals surface area contributed by atoms with Gasteiger partial charge in [0.1, 0.15) is 11.8 Å². The van der Waals surface area contributed by atoms with Crippen LogP contribution < -0.4 is 5.32 Å². The first kappa shape index (κ1) is 11.7. The SMILES string of the molecule is N#Cc1cc(CNc2ccc3c(c2)CCC3)ccn1. The van der Waals surface area contributed by atoms with Gasteiger partial charge in [-0.25, -0.2) is 4.98 Å². The maximum absolute atomic E-state index is 8.82. The first-order valence-electron chi connectivity index (χ1n) is 6.56. The molecule has 3 nitrogen and oxygen atoms in total. The number of hydrogen-bond donors (Lipinski definition) is 1. The summed E-state index contributed by atoms with van der Waals surface area (Å²) in [6.45, 7) is 0.718. The van der Waals surface area contributed by atoms with Gasteiger partial charge in [-0.15, -0.1) is 0 Å². The molecule has 1 aliphatic rings. The number of nitriles is 1. The Morgan fingerprint density at radius 1 is 1.16 bits per heavy atom. The van der Waals surface area contributed by atoms with Crippen molar-refractivity contribution in [2.24, 2.45) is 0 Å². The Labute approximate surface area is 112 Å². The molecule has 19 heavy (non-hydrogen) atoms. The van der Waals surface area contributed by atoms with Crippen molar-refractivity contribution in [1.82, 2.24) is 4.98 Å². The monoisotopic (exact) mass is 249 g/mol. The molecule has 0 aliphatic heterocycles. The number of nitrogens with one attached hydrogen (secondary N) is 1. The van der Waals surface area contributed by atoms with E-state index in [1.54, 1.807) is 6.20 Å². The highest BCUT2D eigenvalue weighted by molar-refractivity contribution is 5.50. The van der Waals surface area contributed by atoms with Crippen molar-refractivity contribution in [2.45, 2.75) is 25.8 Å². The van der Waals surface area contributed by atoms with Crippen LogP contribution >= 0.6 is 0 Å². The largest absolute Gasteiger partial charge is 0.381 e. The summed E-state index contributed by atoms with van der Waals surface area (Å²) in [5.74, 6) is 0. The predicted molar refractivity (Wildman–Crippen MR) is 74.7 cm³/mol. The van der Waals surface area contributed by atoms with E-state index in [2.05, 4.69) is 34.6 Å². The Morgan fingerprint density at radius 2 is 2.05 bits per heavy atom. The van der Waals surface area contributed by atoms with Gasteiger partial charge >= 0.3 is 0 Å². The van der Waals surface area contributed by atoms with E-state index in [9.17, 15) is 0 Å². The third-order valence-electron chi connectivity index (χ3n) is 3.53. The summed E-state index contributed by atoms with van der Waals surface area (Å²) < 4.78 is 0. The zero-order chi connectivity index (χ0) is 13.1. The Kier molecular flexibility index (Phi) is 3.16. The number of fused-ring (bicyclic) bond motifs is 1. The van der Waals surface area contributed by atoms with Crippen LogP contribution in [-0.2, 0) is 19.4 Å². The molecule has 1 heterocycles. The molecule has 1 N–H and O–H groups in total. The minimum absolute atomic E-state index is 0.466. The fourth-order valence-electron chi connectivity index (χ4n) is 2.53. The van der Waals surface area contributed by atoms with Gasteiger partial charge in [0.15, 0.2) is 0 Å². The van der Waals surface area contributed by atoms with Gasteiger partial charge in [0.05, 0.1) is 0 Å². The van der Waals surface area contributed by atoms with Gasteiger partial charge in [-0.3, -0.25) is 0 Å². The lowest BCUT2D eigenvalue weighted by molar-refractivity contribution is 0.912. The summed E-state index contributed by atoms with van der Waals surface area (Å²) in [5.41, 5.74) is 5.65. The highest BCUT2D eigenvalue weighted by Crippen LogP contribution is 2.25. The van der Waals surface area contributed by atoms with Crippen LogP contribution in [0, 0.1) is 11.3 Å². The number of rotatable bonds is 3. The molecule has 0 fully saturated rings. The summed E-state index contributed by atoms with van der Waals surface area (Å²) in [5, 5.41) is 12.2. The third-order valence-corrected chi connectivity index (χ3v) is 3.53. The molecule has 3 rings (SSSR count). The van der Waals surface area contributed by atoms with E-state index in [1.165, 1.54) is 30.4 Å². The molecule has 0 unspecified atom stereocenters. The van der Waals surface area contributed by atoms with Crippen LogP contribution in [0.25, 0.3) is 0 Å². The fourth-order valence-corrected chi connectivity index (χ4v) is 2.53. The normalized spacial score (nSPS) is 12.8. The van der Waals surface area contributed by atoms with Crippen LogP contribution in [0.4, 0.5) is 5.69 Å². The van der Waals surface area contributed by atoms with E-state index in [1.807, 2.05) is 12.1 Å². The van der Waals surface area contributed by atoms with Crippen LogP contribution in [0.15, 0.2) is 36.5 Å². The van der Waals surface area contributed by atoms with Crippen molar-refractivity contribution in [3.05, 3.63) is 58.9 Å². The quantitative estimate of drug-likeness (QED) is 0.909. The molecule has 0 atom stereocenters. The molecule has 3 heteroatoms. The van der Waals surface area contributed by atoms with Crippen molar-refractivity contribution in [2.75, 3.05) is 5.32 Å². The Morgan fingerprint density at radius 3 is 2.95 bits per heavy atom. The third kappa shape index (κ3) is 2.58. The number of nitrogens with zero attached hydrogens (tertiary/aromatic N) is 2. The molecule has 1 aromatic heterocycles. The molecule has 94 valence electrons. The summed E-state index contributed by atoms with van der Waals surface area (Å²) in [6.07, 6.45) is 5.36. The van der Waals surface area contributed by atoms with E-state index < -0.39 is 0 Å². The summed E-state index contributed by atoms with van der Waals surface area (Å²) in [4.78, 5) is 3.97. The van der Waals surface area contributed by atoms with E-state index >= 15 is 0 Å². The molecule has 0 saturated carbocycles. The number of anilines is 1. The van der Waals surface area contributed by atoms with Gasteiger partial charge in [-0.05, 0) is 60.2 Å². The Hall–Kier alpha value is -2.34. The van der Waals surface area contributed by atoms with E-state index in [4.69, 9.17) is 5.26 Å². The number of benzene rings is 1. The molecule has 1 aliphatic carbocycles. The van der Waals surface area contributed by atoms with Crippen molar-refractivity contribution in [3.63, 3.8) is 0 Å². The molecule has 1 aromatic carbocycles. The summed E-state index contributed by atoms with van der Waals surface area (Å²) in [7, 11) is 0. The zero-order valence-electron chi connectivity index (χ0n) is 10.7. The molecule has 0 bridgehead atoms. The lowest BCUT2D eigenvalue weighted by Crippen LogP contribution is -2.01. The van der Waals surface area contributed by atoms with Gasteiger partial charge in [0, 0.05) is 18.4 Å². The van der Waals surface area contributed by atoms with E-state index in [-0.39, 0.29) is 0 Å². The second-order valence-corrected chi connectivity index (χ2v) is 4.85. The number of hydrogen-bond acceptors (Lipinski definition) is 3. The van der Waals surface area contributed by atoms with Crippen molar-refractivity contribution in [1.29, 1.82) is 5.26 Å². The predicted octanol–water partition coefficient (Wildman–Crippen LogP) is 3.05. The average molecular weight is 249 g/mol. The van der Waals surface area contributed by atoms with Crippen LogP contribution in [-0.4, -0.2) is 4.98 Å². The second-order valence-electron chi connectivity index (χ2n) is 4.85. The molecule has 0 spiro atoms. The van der Waals surface area contributed by atoms with Gasteiger partial charge in [-0.1, -0.05) is 6.07 Å². The topological polar surface area (TPSA) is 48.7 Å². The lowest BCUT2D eigenvalue weighted by Gasteiger charge is -2.08. The first-order valence-corrected chi connectivity index (χ1v) is 6.56. The van der Waals surface area contributed by atoms with Crippen LogP contribution in [0.3, 0.4) is 0 Å². The number of pyridine rings is 1. The molecule has 0 saturated heterocycles. The molecular weight excluding hydrogens is 234 g/mol.